The molecule has 0 aromatic rings. The smallest absolute Gasteiger partial charge is 0.0742 e. The second kappa shape index (κ2) is 21.3. The van der Waals surface area contributed by atoms with Gasteiger partial charge in [-0.3, -0.25) is 0 Å². The van der Waals surface area contributed by atoms with Crippen LogP contribution in [0.1, 0.15) is 142 Å². The Morgan fingerprint density at radius 3 is 1.27 bits per heavy atom. The fraction of sp³-hybridized carbons (Fsp3) is 0.857. The fourth-order valence-corrected chi connectivity index (χ4v) is 4.24. The zero-order valence-electron chi connectivity index (χ0n) is 20.5. The van der Waals surface area contributed by atoms with Crippen LogP contribution in [0.5, 0.6) is 0 Å². The lowest BCUT2D eigenvalue weighted by Crippen LogP contribution is -2.07. The van der Waals surface area contributed by atoms with E-state index in [1.165, 1.54) is 116 Å². The third-order valence-electron chi connectivity index (χ3n) is 6.32. The minimum absolute atomic E-state index is 0.400. The molecule has 0 aromatic carbocycles. The van der Waals surface area contributed by atoms with Crippen LogP contribution in [0.4, 0.5) is 0 Å². The summed E-state index contributed by atoms with van der Waals surface area (Å²) in [7, 11) is 0. The van der Waals surface area contributed by atoms with Gasteiger partial charge in [-0.2, -0.15) is 10.2 Å². The molecule has 174 valence electrons. The Bertz CT molecular complexity index is 398. The van der Waals surface area contributed by atoms with Crippen molar-refractivity contribution in [2.75, 3.05) is 0 Å². The Hall–Kier alpha value is -0.920. The number of hydrogen-bond donors (Lipinski definition) is 0. The van der Waals surface area contributed by atoms with Gasteiger partial charge in [0.2, 0.25) is 0 Å². The molecule has 0 spiro atoms. The maximum Gasteiger partial charge on any atom is 0.0742 e. The third-order valence-corrected chi connectivity index (χ3v) is 6.32. The number of nitrogens with zero attached hydrogens (tertiary/aromatic N) is 2. The highest BCUT2D eigenvalue weighted by atomic mass is 15.1. The summed E-state index contributed by atoms with van der Waals surface area (Å²) in [6, 6.07) is 0.800. The Morgan fingerprint density at radius 2 is 0.867 bits per heavy atom. The van der Waals surface area contributed by atoms with Crippen LogP contribution >= 0.6 is 0 Å². The van der Waals surface area contributed by atoms with Crippen LogP contribution in [0.25, 0.3) is 0 Å². The van der Waals surface area contributed by atoms with Crippen molar-refractivity contribution < 1.29 is 0 Å². The Kier molecular flexibility index (Phi) is 19.3. The molecule has 2 atom stereocenters. The van der Waals surface area contributed by atoms with E-state index >= 15 is 0 Å². The molecule has 0 N–H and O–H groups in total. The van der Waals surface area contributed by atoms with Crippen LogP contribution in [0, 0.1) is 0 Å². The van der Waals surface area contributed by atoms with Gasteiger partial charge in [-0.15, -0.1) is 0 Å². The van der Waals surface area contributed by atoms with E-state index < -0.39 is 0 Å². The van der Waals surface area contributed by atoms with Gasteiger partial charge in [0.15, 0.2) is 0 Å². The highest BCUT2D eigenvalue weighted by Gasteiger charge is 2.09. The molecular weight excluding hydrogens is 364 g/mol. The first-order chi connectivity index (χ1) is 14.9. The van der Waals surface area contributed by atoms with Crippen molar-refractivity contribution in [3.63, 3.8) is 0 Å². The number of azo groups is 1. The highest BCUT2D eigenvalue weighted by Crippen LogP contribution is 2.18. The number of allylic oxidation sites excluding steroid dienone is 2. The average Bonchev–Trinajstić information content (AvgIpc) is 2.75. The Morgan fingerprint density at radius 1 is 0.500 bits per heavy atom. The highest BCUT2D eigenvalue weighted by molar-refractivity contribution is 4.92. The predicted octanol–water partition coefficient (Wildman–Crippen LogP) is 10.1. The van der Waals surface area contributed by atoms with Gasteiger partial charge in [0.25, 0.3) is 0 Å². The SMILES string of the molecule is CCCCCCCCCC1C/C=C/CC/C=C/CC(CCCCCCCCC)/N=N/1. The van der Waals surface area contributed by atoms with Gasteiger partial charge >= 0.3 is 0 Å². The first-order valence-electron chi connectivity index (χ1n) is 13.6. The molecule has 0 amide bonds. The predicted molar refractivity (Wildman–Crippen MR) is 134 cm³/mol. The number of hydrogen-bond acceptors (Lipinski definition) is 2. The minimum atomic E-state index is 0.400. The fourth-order valence-electron chi connectivity index (χ4n) is 4.24. The van der Waals surface area contributed by atoms with Crippen molar-refractivity contribution in [1.82, 2.24) is 0 Å². The van der Waals surface area contributed by atoms with E-state index in [9.17, 15) is 0 Å². The summed E-state index contributed by atoms with van der Waals surface area (Å²) in [6.07, 6.45) is 35.6. The second-order valence-electron chi connectivity index (χ2n) is 9.35. The number of unbranched alkanes of at least 4 members (excludes halogenated alkanes) is 12. The minimum Gasteiger partial charge on any atom is -0.190 e. The zero-order chi connectivity index (χ0) is 21.5. The summed E-state index contributed by atoms with van der Waals surface area (Å²) in [5, 5.41) is 9.73. The molecule has 0 fully saturated rings. The summed E-state index contributed by atoms with van der Waals surface area (Å²) in [5.74, 6) is 0. The van der Waals surface area contributed by atoms with Crippen LogP contribution in [-0.4, -0.2) is 12.1 Å². The molecule has 2 heteroatoms. The van der Waals surface area contributed by atoms with Gasteiger partial charge in [0, 0.05) is 0 Å². The Labute approximate surface area is 189 Å². The van der Waals surface area contributed by atoms with Crippen LogP contribution in [-0.2, 0) is 0 Å². The van der Waals surface area contributed by atoms with Crippen molar-refractivity contribution in [2.24, 2.45) is 10.2 Å². The molecule has 30 heavy (non-hydrogen) atoms. The molecular formula is C28H52N2. The lowest BCUT2D eigenvalue weighted by atomic mass is 10.0. The lowest BCUT2D eigenvalue weighted by Gasteiger charge is -2.13. The number of rotatable bonds is 16. The zero-order valence-corrected chi connectivity index (χ0v) is 20.5. The van der Waals surface area contributed by atoms with E-state index in [1.54, 1.807) is 0 Å². The van der Waals surface area contributed by atoms with Gasteiger partial charge < -0.3 is 0 Å². The van der Waals surface area contributed by atoms with E-state index in [2.05, 4.69) is 38.2 Å². The van der Waals surface area contributed by atoms with Gasteiger partial charge in [-0.05, 0) is 38.5 Å². The lowest BCUT2D eigenvalue weighted by molar-refractivity contribution is 0.481. The van der Waals surface area contributed by atoms with E-state index in [1.807, 2.05) is 0 Å². The van der Waals surface area contributed by atoms with Crippen molar-refractivity contribution >= 4 is 0 Å². The van der Waals surface area contributed by atoms with Crippen LogP contribution in [0.3, 0.4) is 0 Å². The van der Waals surface area contributed by atoms with Crippen molar-refractivity contribution in [1.29, 1.82) is 0 Å². The molecule has 2 nitrogen and oxygen atoms in total. The first kappa shape index (κ1) is 27.1. The molecule has 1 rings (SSSR count). The maximum absolute atomic E-state index is 4.87. The molecule has 0 saturated heterocycles. The molecule has 0 radical (unpaired) electrons. The molecule has 0 bridgehead atoms. The van der Waals surface area contributed by atoms with Gasteiger partial charge in [0.05, 0.1) is 12.1 Å². The average molecular weight is 417 g/mol. The Balaban J connectivity index is 2.38. The molecule has 1 aliphatic heterocycles. The summed E-state index contributed by atoms with van der Waals surface area (Å²) in [5.41, 5.74) is 0. The van der Waals surface area contributed by atoms with Gasteiger partial charge in [-0.25, -0.2) is 0 Å². The van der Waals surface area contributed by atoms with Gasteiger partial charge in [-0.1, -0.05) is 128 Å². The quantitative estimate of drug-likeness (QED) is 0.176. The largest absolute Gasteiger partial charge is 0.190 e. The van der Waals surface area contributed by atoms with Crippen LogP contribution in [0.2, 0.25) is 0 Å². The summed E-state index contributed by atoms with van der Waals surface area (Å²) in [6.45, 7) is 4.58. The first-order valence-corrected chi connectivity index (χ1v) is 13.6. The topological polar surface area (TPSA) is 24.7 Å². The molecule has 1 heterocycles. The second-order valence-corrected chi connectivity index (χ2v) is 9.35. The van der Waals surface area contributed by atoms with Crippen molar-refractivity contribution in [3.05, 3.63) is 24.3 Å². The maximum atomic E-state index is 4.87. The summed E-state index contributed by atoms with van der Waals surface area (Å²) >= 11 is 0. The van der Waals surface area contributed by atoms with E-state index in [0.717, 1.165) is 12.8 Å². The van der Waals surface area contributed by atoms with E-state index in [4.69, 9.17) is 10.2 Å². The molecule has 0 aromatic heterocycles. The normalized spacial score (nSPS) is 23.4. The summed E-state index contributed by atoms with van der Waals surface area (Å²) < 4.78 is 0. The van der Waals surface area contributed by atoms with E-state index in [-0.39, 0.29) is 0 Å². The molecule has 0 saturated carbocycles. The van der Waals surface area contributed by atoms with E-state index in [0.29, 0.717) is 12.1 Å². The molecule has 1 aliphatic rings. The van der Waals surface area contributed by atoms with Crippen LogP contribution < -0.4 is 0 Å². The van der Waals surface area contributed by atoms with Gasteiger partial charge in [0.1, 0.15) is 0 Å². The molecule has 0 aliphatic carbocycles. The molecule has 2 unspecified atom stereocenters. The van der Waals surface area contributed by atoms with Crippen molar-refractivity contribution in [3.8, 4) is 0 Å². The monoisotopic (exact) mass is 416 g/mol. The van der Waals surface area contributed by atoms with Crippen LogP contribution in [0.15, 0.2) is 34.5 Å². The van der Waals surface area contributed by atoms with Crippen molar-refractivity contribution in [2.45, 2.75) is 154 Å². The standard InChI is InChI=1S/C28H52N2/c1-3-5-7-9-11-15-19-23-27-25-21-17-13-14-18-22-26-28(30-29-27)24-20-16-12-10-8-6-4-2/h17-18,21-22,27-28H,3-16,19-20,23-26H2,1-2H3/b21-17+,22-18+,30-29+. The summed E-state index contributed by atoms with van der Waals surface area (Å²) in [4.78, 5) is 0. The third kappa shape index (κ3) is 16.8.